The molecule has 1 atom stereocenters. The minimum Gasteiger partial charge on any atom is -0.467 e. The highest BCUT2D eigenvalue weighted by Gasteiger charge is 2.37. The number of benzene rings is 1. The average Bonchev–Trinajstić information content (AvgIpc) is 2.95. The third-order valence-corrected chi connectivity index (χ3v) is 3.82. The number of hydrogen-bond acceptors (Lipinski definition) is 4. The number of hydrogen-bond donors (Lipinski definition) is 2. The average molecular weight is 332 g/mol. The van der Waals surface area contributed by atoms with Crippen molar-refractivity contribution in [3.63, 3.8) is 0 Å². The molecule has 1 heterocycles. The van der Waals surface area contributed by atoms with Crippen LogP contribution in [0.2, 0.25) is 0 Å². The Morgan fingerprint density at radius 3 is 2.67 bits per heavy atom. The number of aromatic nitrogens is 1. The minimum absolute atomic E-state index is 0.0613. The highest BCUT2D eigenvalue weighted by atomic mass is 16.5. The summed E-state index contributed by atoms with van der Waals surface area (Å²) < 4.78 is 10.2. The zero-order valence-electron chi connectivity index (χ0n) is 14.5. The van der Waals surface area contributed by atoms with Gasteiger partial charge < -0.3 is 19.8 Å². The summed E-state index contributed by atoms with van der Waals surface area (Å²) in [6.45, 7) is 5.25. The molecule has 1 amide bonds. The van der Waals surface area contributed by atoms with E-state index in [9.17, 15) is 9.59 Å². The van der Waals surface area contributed by atoms with Crippen molar-refractivity contribution < 1.29 is 19.1 Å². The number of esters is 1. The molecule has 1 aromatic carbocycles. The number of carbonyl (C=O) groups is 2. The molecule has 0 spiro atoms. The van der Waals surface area contributed by atoms with Crippen LogP contribution in [-0.2, 0) is 25.5 Å². The molecule has 1 unspecified atom stereocenters. The summed E-state index contributed by atoms with van der Waals surface area (Å²) in [7, 11) is 1.31. The zero-order valence-corrected chi connectivity index (χ0v) is 14.5. The number of methoxy groups -OCH3 is 1. The van der Waals surface area contributed by atoms with Crippen LogP contribution >= 0.6 is 0 Å². The van der Waals surface area contributed by atoms with E-state index in [0.29, 0.717) is 6.42 Å². The summed E-state index contributed by atoms with van der Waals surface area (Å²) in [6.07, 6.45) is 2.11. The summed E-state index contributed by atoms with van der Waals surface area (Å²) in [5.74, 6) is -0.845. The Labute approximate surface area is 141 Å². The molecule has 130 valence electrons. The number of amides is 1. The van der Waals surface area contributed by atoms with E-state index in [1.165, 1.54) is 7.11 Å². The Hall–Kier alpha value is -2.34. The molecule has 6 heteroatoms. The van der Waals surface area contributed by atoms with E-state index in [0.717, 1.165) is 16.5 Å². The van der Waals surface area contributed by atoms with Crippen molar-refractivity contribution in [2.45, 2.75) is 38.8 Å². The summed E-state index contributed by atoms with van der Waals surface area (Å²) >= 11 is 0. The number of H-pyrrole nitrogens is 1. The van der Waals surface area contributed by atoms with Crippen LogP contribution in [0.15, 0.2) is 30.5 Å². The van der Waals surface area contributed by atoms with Gasteiger partial charge in [-0.3, -0.25) is 4.79 Å². The van der Waals surface area contributed by atoms with Crippen molar-refractivity contribution in [2.75, 3.05) is 13.7 Å². The predicted molar refractivity (Wildman–Crippen MR) is 91.7 cm³/mol. The van der Waals surface area contributed by atoms with Crippen LogP contribution in [0.5, 0.6) is 0 Å². The lowest BCUT2D eigenvalue weighted by atomic mass is 9.92. The molecule has 2 aromatic rings. The van der Waals surface area contributed by atoms with Gasteiger partial charge in [0, 0.05) is 23.5 Å². The molecule has 0 aliphatic heterocycles. The minimum atomic E-state index is -1.17. The van der Waals surface area contributed by atoms with Gasteiger partial charge >= 0.3 is 5.97 Å². The monoisotopic (exact) mass is 332 g/mol. The van der Waals surface area contributed by atoms with Gasteiger partial charge in [-0.05, 0) is 32.4 Å². The molecule has 2 N–H and O–H groups in total. The number of ether oxygens (including phenoxy) is 2. The predicted octanol–water partition coefficient (Wildman–Crippen LogP) is 2.18. The third-order valence-electron chi connectivity index (χ3n) is 3.82. The van der Waals surface area contributed by atoms with Crippen molar-refractivity contribution in [1.82, 2.24) is 10.3 Å². The number of rotatable bonds is 7. The number of nitrogens with one attached hydrogen (secondary N) is 2. The van der Waals surface area contributed by atoms with Gasteiger partial charge in [0.1, 0.15) is 12.1 Å². The first-order valence-corrected chi connectivity index (χ1v) is 7.92. The molecule has 24 heavy (non-hydrogen) atoms. The Bertz CT molecular complexity index is 723. The van der Waals surface area contributed by atoms with Crippen LogP contribution < -0.4 is 5.32 Å². The summed E-state index contributed by atoms with van der Waals surface area (Å²) in [6, 6.07) is 7.81. The SMILES string of the molecule is COC(=O)C(C)(Cc1c[nH]c2ccccc12)NC(=O)COC(C)C. The van der Waals surface area contributed by atoms with Crippen LogP contribution in [0, 0.1) is 0 Å². The molecular formula is C18H24N2O4. The van der Waals surface area contributed by atoms with Crippen LogP contribution in [0.4, 0.5) is 0 Å². The van der Waals surface area contributed by atoms with E-state index in [-0.39, 0.29) is 18.6 Å². The second kappa shape index (κ2) is 7.49. The van der Waals surface area contributed by atoms with Gasteiger partial charge in [0.25, 0.3) is 0 Å². The molecule has 0 fully saturated rings. The van der Waals surface area contributed by atoms with Crippen LogP contribution in [-0.4, -0.2) is 42.2 Å². The summed E-state index contributed by atoms with van der Waals surface area (Å²) in [4.78, 5) is 27.6. The fraction of sp³-hybridized carbons (Fsp3) is 0.444. The van der Waals surface area contributed by atoms with Crippen molar-refractivity contribution >= 4 is 22.8 Å². The Balaban J connectivity index is 2.21. The van der Waals surface area contributed by atoms with Gasteiger partial charge in [-0.1, -0.05) is 18.2 Å². The van der Waals surface area contributed by atoms with Gasteiger partial charge in [0.2, 0.25) is 5.91 Å². The normalized spacial score (nSPS) is 13.7. The highest BCUT2D eigenvalue weighted by Crippen LogP contribution is 2.23. The van der Waals surface area contributed by atoms with Crippen molar-refractivity contribution in [3.8, 4) is 0 Å². The number of para-hydroxylation sites is 1. The highest BCUT2D eigenvalue weighted by molar-refractivity contribution is 5.90. The van der Waals surface area contributed by atoms with E-state index >= 15 is 0 Å². The van der Waals surface area contributed by atoms with Crippen LogP contribution in [0.3, 0.4) is 0 Å². The van der Waals surface area contributed by atoms with E-state index in [2.05, 4.69) is 10.3 Å². The van der Waals surface area contributed by atoms with E-state index < -0.39 is 11.5 Å². The van der Waals surface area contributed by atoms with Crippen LogP contribution in [0.1, 0.15) is 26.3 Å². The van der Waals surface area contributed by atoms with Crippen molar-refractivity contribution in [3.05, 3.63) is 36.0 Å². The number of fused-ring (bicyclic) bond motifs is 1. The molecular weight excluding hydrogens is 308 g/mol. The number of aromatic amines is 1. The Morgan fingerprint density at radius 2 is 2.00 bits per heavy atom. The zero-order chi connectivity index (χ0) is 17.7. The molecule has 0 aliphatic carbocycles. The molecule has 0 aliphatic rings. The summed E-state index contributed by atoms with van der Waals surface area (Å²) in [5, 5.41) is 3.76. The van der Waals surface area contributed by atoms with Gasteiger partial charge in [0.05, 0.1) is 13.2 Å². The fourth-order valence-corrected chi connectivity index (χ4v) is 2.64. The smallest absolute Gasteiger partial charge is 0.331 e. The first kappa shape index (κ1) is 18.0. The van der Waals surface area contributed by atoms with Gasteiger partial charge in [0.15, 0.2) is 0 Å². The first-order valence-electron chi connectivity index (χ1n) is 7.92. The molecule has 2 rings (SSSR count). The maximum absolute atomic E-state index is 12.3. The maximum atomic E-state index is 12.3. The Kier molecular flexibility index (Phi) is 5.62. The molecule has 0 radical (unpaired) electrons. The van der Waals surface area contributed by atoms with Crippen molar-refractivity contribution in [2.24, 2.45) is 0 Å². The van der Waals surface area contributed by atoms with Gasteiger partial charge in [-0.15, -0.1) is 0 Å². The largest absolute Gasteiger partial charge is 0.467 e. The lowest BCUT2D eigenvalue weighted by Crippen LogP contribution is -2.55. The molecule has 6 nitrogen and oxygen atoms in total. The third kappa shape index (κ3) is 4.14. The van der Waals surface area contributed by atoms with Gasteiger partial charge in [-0.25, -0.2) is 4.79 Å². The molecule has 0 saturated heterocycles. The fourth-order valence-electron chi connectivity index (χ4n) is 2.64. The second-order valence-electron chi connectivity index (χ2n) is 6.27. The Morgan fingerprint density at radius 1 is 1.29 bits per heavy atom. The first-order chi connectivity index (χ1) is 11.4. The lowest BCUT2D eigenvalue weighted by Gasteiger charge is -2.28. The second-order valence-corrected chi connectivity index (χ2v) is 6.27. The maximum Gasteiger partial charge on any atom is 0.331 e. The quantitative estimate of drug-likeness (QED) is 0.762. The summed E-state index contributed by atoms with van der Waals surface area (Å²) in [5.41, 5.74) is 0.745. The molecule has 0 bridgehead atoms. The lowest BCUT2D eigenvalue weighted by molar-refractivity contribution is -0.151. The van der Waals surface area contributed by atoms with Crippen molar-refractivity contribution in [1.29, 1.82) is 0 Å². The van der Waals surface area contributed by atoms with E-state index in [1.807, 2.05) is 44.3 Å². The topological polar surface area (TPSA) is 80.4 Å². The standard InChI is InChI=1S/C18H24N2O4/c1-12(2)24-11-16(21)20-18(3,17(22)23-4)9-13-10-19-15-8-6-5-7-14(13)15/h5-8,10,12,19H,9,11H2,1-4H3,(H,20,21). The molecule has 0 saturated carbocycles. The number of carbonyl (C=O) groups excluding carboxylic acids is 2. The van der Waals surface area contributed by atoms with Gasteiger partial charge in [-0.2, -0.15) is 0 Å². The van der Waals surface area contributed by atoms with Crippen LogP contribution in [0.25, 0.3) is 10.9 Å². The van der Waals surface area contributed by atoms with E-state index in [4.69, 9.17) is 9.47 Å². The van der Waals surface area contributed by atoms with E-state index in [1.54, 1.807) is 6.92 Å². The molecule has 1 aromatic heterocycles.